The fourth-order valence-electron chi connectivity index (χ4n) is 1.29. The lowest BCUT2D eigenvalue weighted by molar-refractivity contribution is 0.102. The highest BCUT2D eigenvalue weighted by atomic mass is 33.1. The third kappa shape index (κ3) is 2.89. The Morgan fingerprint density at radius 1 is 1.40 bits per heavy atom. The molecule has 1 aliphatic rings. The quantitative estimate of drug-likeness (QED) is 0.603. The molecule has 0 radical (unpaired) electrons. The molecule has 0 aliphatic carbocycles. The molecule has 1 saturated heterocycles. The maximum atomic E-state index is 11.2. The Hall–Kier alpha value is -0.200. The van der Waals surface area contributed by atoms with Crippen LogP contribution in [0.1, 0.15) is 16.6 Å². The van der Waals surface area contributed by atoms with E-state index in [4.69, 9.17) is 0 Å². The van der Waals surface area contributed by atoms with Crippen molar-refractivity contribution in [3.63, 3.8) is 0 Å². The molecule has 3 nitrogen and oxygen atoms in total. The predicted molar refractivity (Wildman–Crippen MR) is 69.2 cm³/mol. The van der Waals surface area contributed by atoms with Gasteiger partial charge in [0.25, 0.3) is 0 Å². The van der Waals surface area contributed by atoms with Crippen LogP contribution >= 0.6 is 32.9 Å². The predicted octanol–water partition coefficient (Wildman–Crippen LogP) is 2.55. The van der Waals surface area contributed by atoms with Gasteiger partial charge in [-0.2, -0.15) is 0 Å². The van der Waals surface area contributed by atoms with Crippen molar-refractivity contribution < 1.29 is 4.79 Å². The summed E-state index contributed by atoms with van der Waals surface area (Å²) < 4.78 is 0. The number of hydrogen-bond acceptors (Lipinski definition) is 6. The van der Waals surface area contributed by atoms with Crippen LogP contribution in [-0.4, -0.2) is 35.4 Å². The van der Waals surface area contributed by atoms with E-state index in [2.05, 4.69) is 9.88 Å². The standard InChI is InChI=1S/C9H12N2OS3/c1-7(12)8-6-10-9(15-8)11-2-4-13-14-5-3-11/h6H,2-5H2,1H3. The van der Waals surface area contributed by atoms with Crippen LogP contribution in [0.15, 0.2) is 6.20 Å². The average Bonchev–Trinajstić information content (AvgIpc) is 2.55. The second-order valence-electron chi connectivity index (χ2n) is 3.19. The molecule has 1 aliphatic heterocycles. The number of aromatic nitrogens is 1. The highest BCUT2D eigenvalue weighted by Crippen LogP contribution is 2.29. The number of hydrogen-bond donors (Lipinski definition) is 0. The van der Waals surface area contributed by atoms with Crippen LogP contribution in [0.4, 0.5) is 5.13 Å². The van der Waals surface area contributed by atoms with Gasteiger partial charge in [0.15, 0.2) is 10.9 Å². The summed E-state index contributed by atoms with van der Waals surface area (Å²) in [5.74, 6) is 2.36. The zero-order valence-electron chi connectivity index (χ0n) is 8.43. The molecular formula is C9H12N2OS3. The molecule has 0 unspecified atom stereocenters. The van der Waals surface area contributed by atoms with Crippen LogP contribution in [0.2, 0.25) is 0 Å². The molecule has 0 atom stereocenters. The minimum Gasteiger partial charge on any atom is -0.346 e. The van der Waals surface area contributed by atoms with E-state index in [1.165, 1.54) is 11.3 Å². The molecule has 15 heavy (non-hydrogen) atoms. The van der Waals surface area contributed by atoms with Crippen molar-refractivity contribution in [3.05, 3.63) is 11.1 Å². The lowest BCUT2D eigenvalue weighted by atomic mass is 10.4. The second kappa shape index (κ2) is 5.23. The number of thiazole rings is 1. The number of Topliss-reactive ketones (excluding diaryl/α,β-unsaturated/α-hetero) is 1. The molecule has 2 heterocycles. The van der Waals surface area contributed by atoms with Crippen molar-refractivity contribution in [2.24, 2.45) is 0 Å². The summed E-state index contributed by atoms with van der Waals surface area (Å²) in [7, 11) is 3.82. The monoisotopic (exact) mass is 260 g/mol. The van der Waals surface area contributed by atoms with Gasteiger partial charge in [0.05, 0.1) is 11.1 Å². The summed E-state index contributed by atoms with van der Waals surface area (Å²) >= 11 is 1.50. The highest BCUT2D eigenvalue weighted by molar-refractivity contribution is 8.76. The summed E-state index contributed by atoms with van der Waals surface area (Å²) in [4.78, 5) is 18.5. The fraction of sp³-hybridized carbons (Fsp3) is 0.556. The molecule has 1 fully saturated rings. The molecule has 6 heteroatoms. The third-order valence-corrected chi connectivity index (χ3v) is 5.61. The van der Waals surface area contributed by atoms with Crippen molar-refractivity contribution in [3.8, 4) is 0 Å². The molecule has 0 bridgehead atoms. The van der Waals surface area contributed by atoms with Gasteiger partial charge < -0.3 is 4.90 Å². The van der Waals surface area contributed by atoms with Crippen LogP contribution in [0, 0.1) is 0 Å². The van der Waals surface area contributed by atoms with Crippen LogP contribution in [-0.2, 0) is 0 Å². The van der Waals surface area contributed by atoms with E-state index in [1.54, 1.807) is 13.1 Å². The molecule has 0 spiro atoms. The highest BCUT2D eigenvalue weighted by Gasteiger charge is 2.14. The lowest BCUT2D eigenvalue weighted by Gasteiger charge is -2.17. The normalized spacial score (nSPS) is 17.5. The smallest absolute Gasteiger partial charge is 0.185 e. The van der Waals surface area contributed by atoms with Gasteiger partial charge in [0.1, 0.15) is 0 Å². The van der Waals surface area contributed by atoms with E-state index in [-0.39, 0.29) is 5.78 Å². The van der Waals surface area contributed by atoms with E-state index >= 15 is 0 Å². The van der Waals surface area contributed by atoms with Crippen molar-refractivity contribution in [2.45, 2.75) is 6.92 Å². The maximum absolute atomic E-state index is 11.2. The molecule has 2 rings (SSSR count). The van der Waals surface area contributed by atoms with Gasteiger partial charge in [-0.25, -0.2) is 4.98 Å². The van der Waals surface area contributed by atoms with Crippen molar-refractivity contribution in [1.29, 1.82) is 0 Å². The summed E-state index contributed by atoms with van der Waals surface area (Å²) in [5.41, 5.74) is 0. The summed E-state index contributed by atoms with van der Waals surface area (Å²) in [6.45, 7) is 3.65. The van der Waals surface area contributed by atoms with E-state index in [1.807, 2.05) is 21.6 Å². The largest absolute Gasteiger partial charge is 0.346 e. The Kier molecular flexibility index (Phi) is 3.93. The summed E-state index contributed by atoms with van der Waals surface area (Å²) in [6, 6.07) is 0. The first-order chi connectivity index (χ1) is 7.27. The molecule has 0 aromatic carbocycles. The third-order valence-electron chi connectivity index (χ3n) is 2.08. The SMILES string of the molecule is CC(=O)c1cnc(N2CCSSCC2)s1. The Labute approximate surface area is 101 Å². The van der Waals surface area contributed by atoms with Crippen molar-refractivity contribution in [2.75, 3.05) is 29.5 Å². The molecule has 0 amide bonds. The molecule has 1 aromatic heterocycles. The number of carbonyl (C=O) groups excluding carboxylic acids is 1. The molecule has 82 valence electrons. The van der Waals surface area contributed by atoms with Crippen molar-refractivity contribution >= 4 is 43.8 Å². The number of rotatable bonds is 2. The minimum absolute atomic E-state index is 0.109. The fourth-order valence-corrected chi connectivity index (χ4v) is 4.13. The van der Waals surface area contributed by atoms with Gasteiger partial charge in [-0.1, -0.05) is 32.9 Å². The Morgan fingerprint density at radius 2 is 2.07 bits per heavy atom. The van der Waals surface area contributed by atoms with Crippen LogP contribution in [0.5, 0.6) is 0 Å². The number of anilines is 1. The van der Waals surface area contributed by atoms with E-state index in [0.717, 1.165) is 34.6 Å². The van der Waals surface area contributed by atoms with E-state index in [9.17, 15) is 4.79 Å². The molecule has 1 aromatic rings. The van der Waals surface area contributed by atoms with Gasteiger partial charge in [-0.15, -0.1) is 0 Å². The maximum Gasteiger partial charge on any atom is 0.185 e. The Morgan fingerprint density at radius 3 is 2.60 bits per heavy atom. The average molecular weight is 260 g/mol. The topological polar surface area (TPSA) is 33.2 Å². The van der Waals surface area contributed by atoms with Gasteiger partial charge in [-0.3, -0.25) is 4.79 Å². The first-order valence-corrected chi connectivity index (χ1v) is 8.04. The second-order valence-corrected chi connectivity index (χ2v) is 6.91. The molecule has 0 N–H and O–H groups in total. The summed E-state index contributed by atoms with van der Waals surface area (Å²) in [5, 5.41) is 0.989. The molecular weight excluding hydrogens is 248 g/mol. The van der Waals surface area contributed by atoms with Crippen LogP contribution in [0.25, 0.3) is 0 Å². The summed E-state index contributed by atoms with van der Waals surface area (Å²) in [6.07, 6.45) is 1.69. The van der Waals surface area contributed by atoms with Crippen molar-refractivity contribution in [1.82, 2.24) is 4.98 Å². The lowest BCUT2D eigenvalue weighted by Crippen LogP contribution is -2.26. The Bertz CT molecular complexity index is 345. The Balaban J connectivity index is 2.10. The zero-order chi connectivity index (χ0) is 10.7. The van der Waals surface area contributed by atoms with Gasteiger partial charge in [0.2, 0.25) is 0 Å². The van der Waals surface area contributed by atoms with Crippen LogP contribution < -0.4 is 4.90 Å². The first kappa shape index (κ1) is 11.3. The van der Waals surface area contributed by atoms with E-state index < -0.39 is 0 Å². The number of nitrogens with zero attached hydrogens (tertiary/aromatic N) is 2. The van der Waals surface area contributed by atoms with Gasteiger partial charge in [-0.05, 0) is 0 Å². The van der Waals surface area contributed by atoms with Gasteiger partial charge >= 0.3 is 0 Å². The first-order valence-electron chi connectivity index (χ1n) is 4.73. The number of ketones is 1. The van der Waals surface area contributed by atoms with Crippen LogP contribution in [0.3, 0.4) is 0 Å². The minimum atomic E-state index is 0.109. The number of carbonyl (C=O) groups is 1. The molecule has 0 saturated carbocycles. The van der Waals surface area contributed by atoms with Gasteiger partial charge in [0, 0.05) is 31.5 Å². The van der Waals surface area contributed by atoms with E-state index in [0.29, 0.717) is 0 Å². The zero-order valence-corrected chi connectivity index (χ0v) is 10.9.